The zero-order valence-corrected chi connectivity index (χ0v) is 37.9. The minimum absolute atomic E-state index is 0.00912. The van der Waals surface area contributed by atoms with Crippen LogP contribution in [-0.2, 0) is 52.8 Å². The number of guanidine groups is 1. The van der Waals surface area contributed by atoms with Crippen molar-refractivity contribution in [1.82, 2.24) is 42.2 Å². The summed E-state index contributed by atoms with van der Waals surface area (Å²) in [7, 11) is 0. The maximum Gasteiger partial charge on any atom is 0.245 e. The second-order valence-corrected chi connectivity index (χ2v) is 17.4. The molecule has 18 nitrogen and oxygen atoms in total. The highest BCUT2D eigenvalue weighted by molar-refractivity contribution is 5.98. The Hall–Kier alpha value is -7.24. The van der Waals surface area contributed by atoms with Gasteiger partial charge in [-0.25, -0.2) is 0 Å². The Labute approximate surface area is 390 Å². The van der Waals surface area contributed by atoms with Gasteiger partial charge in [-0.15, -0.1) is 0 Å². The molecule has 1 aliphatic heterocycles. The van der Waals surface area contributed by atoms with Crippen LogP contribution in [0.1, 0.15) is 75.0 Å². The smallest absolute Gasteiger partial charge is 0.245 e. The van der Waals surface area contributed by atoms with Crippen molar-refractivity contribution < 1.29 is 33.6 Å². The number of para-hydroxylation sites is 1. The molecule has 6 atom stereocenters. The fourth-order valence-electron chi connectivity index (χ4n) is 8.75. The van der Waals surface area contributed by atoms with Crippen molar-refractivity contribution in [2.75, 3.05) is 13.1 Å². The van der Waals surface area contributed by atoms with Gasteiger partial charge in [-0.1, -0.05) is 111 Å². The second kappa shape index (κ2) is 24.3. The van der Waals surface area contributed by atoms with E-state index in [1.807, 2.05) is 36.4 Å². The number of nitrogens with zero attached hydrogens (tertiary/aromatic N) is 1. The van der Waals surface area contributed by atoms with Gasteiger partial charge >= 0.3 is 0 Å². The number of aromatic amines is 1. The molecule has 1 saturated carbocycles. The summed E-state index contributed by atoms with van der Waals surface area (Å²) in [6.07, 6.45) is 7.19. The number of rotatable bonds is 15. The topological polar surface area (TPSA) is 284 Å². The minimum atomic E-state index is -1.49. The van der Waals surface area contributed by atoms with Crippen LogP contribution in [0.3, 0.4) is 0 Å². The summed E-state index contributed by atoms with van der Waals surface area (Å²) in [4.78, 5) is 106. The molecule has 1 saturated heterocycles. The molecule has 1 aromatic heterocycles. The number of benzene rings is 3. The third-order valence-corrected chi connectivity index (χ3v) is 12.2. The summed E-state index contributed by atoms with van der Waals surface area (Å²) in [6.45, 7) is 0.927. The number of hydrogen-bond donors (Lipinski definition) is 10. The number of amides is 7. The van der Waals surface area contributed by atoms with Gasteiger partial charge in [-0.05, 0) is 47.9 Å². The standard InChI is InChI=1S/C49H63N11O7/c1-30(61)55-38(24-31-14-5-2-6-15-31)44(63)60-42-29-54-43(62)37(22-13-23-52-49(50)51)56-47(66)41(27-34-28-53-36-21-12-11-20-35(34)36)59-46(65)39(25-32-16-7-3-8-17-32)57-45(64)40(58-48(42)67)26-33-18-9-4-10-19-33/h2,4-6,9-12,14-15,18-21,28,32,37-42,53H,3,7-8,13,16-17,22-27,29H2,1H3,(H,54,62)(H,55,61)(H,56,66)(H,57,64)(H,58,67)(H,59,65)(H,60,63)(H4,50,51,52)/t37-,38-,39+,40-,41-,42?/m0/s1. The second-order valence-electron chi connectivity index (χ2n) is 17.4. The van der Waals surface area contributed by atoms with Gasteiger partial charge in [0.05, 0.1) is 0 Å². The molecular weight excluding hydrogens is 855 g/mol. The van der Waals surface area contributed by atoms with E-state index in [1.165, 1.54) is 6.92 Å². The van der Waals surface area contributed by atoms with Crippen LogP contribution in [0.5, 0.6) is 0 Å². The molecule has 12 N–H and O–H groups in total. The molecule has 6 rings (SSSR count). The van der Waals surface area contributed by atoms with E-state index < -0.39 is 84.1 Å². The fraction of sp³-hybridized carbons (Fsp3) is 0.429. The van der Waals surface area contributed by atoms with Gasteiger partial charge in [0.25, 0.3) is 0 Å². The Balaban J connectivity index is 1.38. The first-order valence-corrected chi connectivity index (χ1v) is 23.1. The lowest BCUT2D eigenvalue weighted by molar-refractivity contribution is -0.136. The molecule has 0 bridgehead atoms. The Kier molecular flexibility index (Phi) is 17.9. The van der Waals surface area contributed by atoms with Crippen molar-refractivity contribution >= 4 is 58.2 Å². The highest BCUT2D eigenvalue weighted by Crippen LogP contribution is 2.28. The third kappa shape index (κ3) is 14.9. The fourth-order valence-corrected chi connectivity index (χ4v) is 8.75. The van der Waals surface area contributed by atoms with E-state index in [4.69, 9.17) is 11.5 Å². The van der Waals surface area contributed by atoms with Crippen LogP contribution in [0.25, 0.3) is 10.9 Å². The largest absolute Gasteiger partial charge is 0.370 e. The molecule has 0 spiro atoms. The van der Waals surface area contributed by atoms with E-state index in [-0.39, 0.29) is 56.9 Å². The molecule has 1 aliphatic carbocycles. The summed E-state index contributed by atoms with van der Waals surface area (Å²) >= 11 is 0. The van der Waals surface area contributed by atoms with Crippen LogP contribution in [-0.4, -0.2) is 102 Å². The first-order chi connectivity index (χ1) is 32.3. The monoisotopic (exact) mass is 917 g/mol. The van der Waals surface area contributed by atoms with Crippen molar-refractivity contribution in [3.05, 3.63) is 108 Å². The average Bonchev–Trinajstić information content (AvgIpc) is 3.73. The van der Waals surface area contributed by atoms with Crippen molar-refractivity contribution in [1.29, 1.82) is 0 Å². The highest BCUT2D eigenvalue weighted by Gasteiger charge is 2.36. The van der Waals surface area contributed by atoms with Gasteiger partial charge in [-0.3, -0.25) is 38.6 Å². The summed E-state index contributed by atoms with van der Waals surface area (Å²) in [6, 6.07) is 18.1. The van der Waals surface area contributed by atoms with E-state index in [1.54, 1.807) is 54.7 Å². The van der Waals surface area contributed by atoms with Crippen molar-refractivity contribution in [2.24, 2.45) is 22.4 Å². The predicted molar refractivity (Wildman–Crippen MR) is 254 cm³/mol. The number of nitrogens with two attached hydrogens (primary N) is 2. The molecule has 3 aromatic carbocycles. The van der Waals surface area contributed by atoms with Gasteiger partial charge in [0.1, 0.15) is 36.3 Å². The number of fused-ring (bicyclic) bond motifs is 1. The molecule has 4 aromatic rings. The van der Waals surface area contributed by atoms with E-state index in [0.29, 0.717) is 5.56 Å². The Morgan fingerprint density at radius 1 is 0.701 bits per heavy atom. The Morgan fingerprint density at radius 2 is 1.30 bits per heavy atom. The molecule has 7 amide bonds. The van der Waals surface area contributed by atoms with Gasteiger partial charge in [0, 0.05) is 56.4 Å². The van der Waals surface area contributed by atoms with Crippen molar-refractivity contribution in [2.45, 2.75) is 114 Å². The first kappa shape index (κ1) is 49.2. The van der Waals surface area contributed by atoms with Crippen LogP contribution in [0.2, 0.25) is 0 Å². The maximum absolute atomic E-state index is 14.7. The summed E-state index contributed by atoms with van der Waals surface area (Å²) in [5.74, 6) is -4.71. The number of aromatic nitrogens is 1. The van der Waals surface area contributed by atoms with Crippen molar-refractivity contribution in [3.8, 4) is 0 Å². The van der Waals surface area contributed by atoms with Gasteiger partial charge in [0.15, 0.2) is 5.96 Å². The molecule has 67 heavy (non-hydrogen) atoms. The van der Waals surface area contributed by atoms with Gasteiger partial charge in [-0.2, -0.15) is 0 Å². The molecule has 356 valence electrons. The number of hydrogen-bond acceptors (Lipinski definition) is 8. The lowest BCUT2D eigenvalue weighted by atomic mass is 9.84. The molecule has 1 unspecified atom stereocenters. The average molecular weight is 918 g/mol. The lowest BCUT2D eigenvalue weighted by Crippen LogP contribution is -2.63. The molecular formula is C49H63N11O7. The third-order valence-electron chi connectivity index (χ3n) is 12.2. The van der Waals surface area contributed by atoms with E-state index in [9.17, 15) is 33.6 Å². The zero-order valence-electron chi connectivity index (χ0n) is 37.9. The van der Waals surface area contributed by atoms with E-state index in [2.05, 4.69) is 47.2 Å². The Bertz CT molecular complexity index is 2360. The number of nitrogens with one attached hydrogen (secondary N) is 8. The lowest BCUT2D eigenvalue weighted by Gasteiger charge is -2.31. The summed E-state index contributed by atoms with van der Waals surface area (Å²) in [5.41, 5.74) is 14.1. The van der Waals surface area contributed by atoms with Crippen molar-refractivity contribution in [3.63, 3.8) is 0 Å². The van der Waals surface area contributed by atoms with Crippen LogP contribution in [0, 0.1) is 5.92 Å². The zero-order chi connectivity index (χ0) is 47.7. The summed E-state index contributed by atoms with van der Waals surface area (Å²) < 4.78 is 0. The van der Waals surface area contributed by atoms with Gasteiger partial charge < -0.3 is 53.7 Å². The first-order valence-electron chi connectivity index (χ1n) is 23.1. The molecule has 18 heteroatoms. The molecule has 2 heterocycles. The highest BCUT2D eigenvalue weighted by atomic mass is 16.2. The molecule has 2 fully saturated rings. The maximum atomic E-state index is 14.7. The van der Waals surface area contributed by atoms with Gasteiger partial charge in [0.2, 0.25) is 41.4 Å². The SMILES string of the molecule is CC(=O)N[C@@H](Cc1ccccc1)C(=O)NC1CNC(=O)[C@H](CCCN=C(N)N)NC(=O)[C@H](Cc2c[nH]c3ccccc23)NC(=O)[C@@H](CC2CCCCC2)NC(=O)[C@H](Cc2ccccc2)NC1=O. The van der Waals surface area contributed by atoms with Crippen LogP contribution in [0.4, 0.5) is 0 Å². The van der Waals surface area contributed by atoms with Crippen LogP contribution >= 0.6 is 0 Å². The summed E-state index contributed by atoms with van der Waals surface area (Å²) in [5, 5.41) is 20.5. The Morgan fingerprint density at radius 3 is 1.99 bits per heavy atom. The molecule has 2 aliphatic rings. The van der Waals surface area contributed by atoms with Crippen LogP contribution in [0.15, 0.2) is 96.1 Å². The van der Waals surface area contributed by atoms with E-state index in [0.717, 1.165) is 54.1 Å². The minimum Gasteiger partial charge on any atom is -0.370 e. The molecule has 0 radical (unpaired) electrons. The quantitative estimate of drug-likeness (QED) is 0.0467. The number of carbonyl (C=O) groups is 7. The number of aliphatic imine (C=N–C) groups is 1. The normalized spacial score (nSPS) is 21.7. The number of H-pyrrole nitrogens is 1. The predicted octanol–water partition coefficient (Wildman–Crippen LogP) is 1.28. The number of carbonyl (C=O) groups excluding carboxylic acids is 7. The van der Waals surface area contributed by atoms with Crippen LogP contribution < -0.4 is 48.7 Å². The van der Waals surface area contributed by atoms with E-state index >= 15 is 0 Å².